The third kappa shape index (κ3) is 5.01. The van der Waals surface area contributed by atoms with E-state index in [1.54, 1.807) is 0 Å². The lowest BCUT2D eigenvalue weighted by atomic mass is 9.94. The Balaban J connectivity index is 1.69. The number of hydrogen-bond acceptors (Lipinski definition) is 3. The van der Waals surface area contributed by atoms with Crippen molar-refractivity contribution in [3.8, 4) is 0 Å². The minimum Gasteiger partial charge on any atom is -0.373 e. The molecule has 0 aromatic carbocycles. The second-order valence-electron chi connectivity index (χ2n) is 7.23. The van der Waals surface area contributed by atoms with E-state index >= 15 is 0 Å². The maximum atomic E-state index is 5.83. The van der Waals surface area contributed by atoms with E-state index in [0.717, 1.165) is 24.9 Å². The Morgan fingerprint density at radius 2 is 1.65 bits per heavy atom. The van der Waals surface area contributed by atoms with E-state index in [1.807, 2.05) is 0 Å². The Morgan fingerprint density at radius 3 is 2.20 bits per heavy atom. The molecule has 0 aliphatic carbocycles. The molecule has 0 bridgehead atoms. The fraction of sp³-hybridized carbons (Fsp3) is 1.00. The zero-order valence-corrected chi connectivity index (χ0v) is 14.0. The summed E-state index contributed by atoms with van der Waals surface area (Å²) in [7, 11) is 0. The van der Waals surface area contributed by atoms with Gasteiger partial charge in [-0.15, -0.1) is 0 Å². The zero-order valence-electron chi connectivity index (χ0n) is 14.0. The number of morpholine rings is 1. The van der Waals surface area contributed by atoms with Gasteiger partial charge in [0.15, 0.2) is 0 Å². The summed E-state index contributed by atoms with van der Waals surface area (Å²) >= 11 is 0. The highest BCUT2D eigenvalue weighted by Crippen LogP contribution is 2.21. The lowest BCUT2D eigenvalue weighted by Crippen LogP contribution is -2.48. The summed E-state index contributed by atoms with van der Waals surface area (Å²) < 4.78 is 5.83. The van der Waals surface area contributed by atoms with Crippen LogP contribution < -0.4 is 0 Å². The van der Waals surface area contributed by atoms with Crippen LogP contribution in [0, 0.1) is 11.8 Å². The molecule has 3 atom stereocenters. The first-order valence-electron chi connectivity index (χ1n) is 8.67. The maximum absolute atomic E-state index is 5.83. The third-order valence-electron chi connectivity index (χ3n) is 4.99. The zero-order chi connectivity index (χ0) is 14.5. The highest BCUT2D eigenvalue weighted by molar-refractivity contribution is 4.79. The van der Waals surface area contributed by atoms with Crippen molar-refractivity contribution in [1.82, 2.24) is 9.80 Å². The molecule has 3 nitrogen and oxygen atoms in total. The van der Waals surface area contributed by atoms with Gasteiger partial charge in [-0.25, -0.2) is 0 Å². The van der Waals surface area contributed by atoms with Crippen LogP contribution in [0.15, 0.2) is 0 Å². The molecule has 20 heavy (non-hydrogen) atoms. The highest BCUT2D eigenvalue weighted by Gasteiger charge is 2.26. The molecule has 2 aliphatic heterocycles. The summed E-state index contributed by atoms with van der Waals surface area (Å²) in [4.78, 5) is 5.31. The van der Waals surface area contributed by atoms with Gasteiger partial charge in [-0.3, -0.25) is 4.90 Å². The molecule has 2 saturated heterocycles. The minimum absolute atomic E-state index is 0.407. The molecule has 0 unspecified atom stereocenters. The molecular weight excluding hydrogens is 248 g/mol. The number of rotatable bonds is 5. The summed E-state index contributed by atoms with van der Waals surface area (Å²) in [6.07, 6.45) is 4.89. The average Bonchev–Trinajstić information content (AvgIpc) is 2.39. The number of ether oxygens (including phenoxy) is 1. The summed E-state index contributed by atoms with van der Waals surface area (Å²) in [5, 5.41) is 0. The number of piperidine rings is 1. The third-order valence-corrected chi connectivity index (χ3v) is 4.99. The summed E-state index contributed by atoms with van der Waals surface area (Å²) in [5.74, 6) is 1.76. The predicted molar refractivity (Wildman–Crippen MR) is 85.1 cm³/mol. The van der Waals surface area contributed by atoms with Crippen molar-refractivity contribution in [1.29, 1.82) is 0 Å². The molecule has 0 radical (unpaired) electrons. The van der Waals surface area contributed by atoms with Crippen LogP contribution in [-0.2, 0) is 4.74 Å². The second-order valence-corrected chi connectivity index (χ2v) is 7.23. The van der Waals surface area contributed by atoms with Crippen LogP contribution in [0.1, 0.15) is 47.0 Å². The van der Waals surface area contributed by atoms with Crippen molar-refractivity contribution in [2.75, 3.05) is 39.3 Å². The monoisotopic (exact) mass is 282 g/mol. The van der Waals surface area contributed by atoms with Gasteiger partial charge in [-0.05, 0) is 51.6 Å². The van der Waals surface area contributed by atoms with Crippen molar-refractivity contribution in [3.63, 3.8) is 0 Å². The quantitative estimate of drug-likeness (QED) is 0.771. The predicted octanol–water partition coefficient (Wildman–Crippen LogP) is 2.85. The van der Waals surface area contributed by atoms with Crippen molar-refractivity contribution in [2.45, 2.75) is 59.2 Å². The Bertz CT molecular complexity index is 266. The lowest BCUT2D eigenvalue weighted by Gasteiger charge is -2.39. The van der Waals surface area contributed by atoms with Gasteiger partial charge in [0.25, 0.3) is 0 Å². The van der Waals surface area contributed by atoms with Crippen LogP contribution in [0.2, 0.25) is 0 Å². The summed E-state index contributed by atoms with van der Waals surface area (Å²) in [6.45, 7) is 16.5. The number of hydrogen-bond donors (Lipinski definition) is 0. The molecule has 0 N–H and O–H groups in total. The largest absolute Gasteiger partial charge is 0.373 e. The molecule has 2 rings (SSSR count). The van der Waals surface area contributed by atoms with Gasteiger partial charge in [0.05, 0.1) is 12.2 Å². The standard InChI is InChI=1S/C17H34N2O/c1-5-14(2)10-18-8-6-17(7-9-18)13-19-11-15(3)20-16(4)12-19/h14-17H,5-13H2,1-4H3/t14-,15-,16+/m0/s1. The van der Waals surface area contributed by atoms with E-state index in [-0.39, 0.29) is 0 Å². The molecule has 2 aliphatic rings. The Morgan fingerprint density at radius 1 is 1.05 bits per heavy atom. The SMILES string of the molecule is CC[C@H](C)CN1CCC(CN2C[C@@H](C)O[C@@H](C)C2)CC1. The van der Waals surface area contributed by atoms with Crippen LogP contribution in [-0.4, -0.2) is 61.3 Å². The van der Waals surface area contributed by atoms with Gasteiger partial charge in [0.2, 0.25) is 0 Å². The van der Waals surface area contributed by atoms with E-state index in [2.05, 4.69) is 37.5 Å². The van der Waals surface area contributed by atoms with Crippen LogP contribution in [0.4, 0.5) is 0 Å². The van der Waals surface area contributed by atoms with Crippen molar-refractivity contribution >= 4 is 0 Å². The normalized spacial score (nSPS) is 32.4. The van der Waals surface area contributed by atoms with Crippen molar-refractivity contribution in [2.24, 2.45) is 11.8 Å². The van der Waals surface area contributed by atoms with Crippen LogP contribution >= 0.6 is 0 Å². The van der Waals surface area contributed by atoms with E-state index in [9.17, 15) is 0 Å². The Kier molecular flexibility index (Phi) is 6.31. The van der Waals surface area contributed by atoms with Gasteiger partial charge < -0.3 is 9.64 Å². The van der Waals surface area contributed by atoms with Crippen LogP contribution in [0.5, 0.6) is 0 Å². The van der Waals surface area contributed by atoms with Gasteiger partial charge in [0.1, 0.15) is 0 Å². The fourth-order valence-corrected chi connectivity index (χ4v) is 3.72. The lowest BCUT2D eigenvalue weighted by molar-refractivity contribution is -0.0732. The van der Waals surface area contributed by atoms with E-state index < -0.39 is 0 Å². The Hall–Kier alpha value is -0.120. The molecule has 2 heterocycles. The topological polar surface area (TPSA) is 15.7 Å². The van der Waals surface area contributed by atoms with Crippen molar-refractivity contribution < 1.29 is 4.74 Å². The smallest absolute Gasteiger partial charge is 0.0678 e. The maximum Gasteiger partial charge on any atom is 0.0678 e. The van der Waals surface area contributed by atoms with E-state index in [1.165, 1.54) is 45.4 Å². The van der Waals surface area contributed by atoms with Gasteiger partial charge >= 0.3 is 0 Å². The molecule has 3 heteroatoms. The molecular formula is C17H34N2O. The molecule has 0 saturated carbocycles. The van der Waals surface area contributed by atoms with Crippen molar-refractivity contribution in [3.05, 3.63) is 0 Å². The minimum atomic E-state index is 0.407. The van der Waals surface area contributed by atoms with Gasteiger partial charge in [-0.2, -0.15) is 0 Å². The molecule has 0 amide bonds. The van der Waals surface area contributed by atoms with E-state index in [0.29, 0.717) is 12.2 Å². The van der Waals surface area contributed by atoms with Crippen LogP contribution in [0.3, 0.4) is 0 Å². The summed E-state index contributed by atoms with van der Waals surface area (Å²) in [5.41, 5.74) is 0. The number of nitrogens with zero attached hydrogens (tertiary/aromatic N) is 2. The molecule has 2 fully saturated rings. The fourth-order valence-electron chi connectivity index (χ4n) is 3.72. The number of likely N-dealkylation sites (tertiary alicyclic amines) is 1. The molecule has 0 aromatic heterocycles. The second kappa shape index (κ2) is 7.77. The Labute approximate surface area is 125 Å². The molecule has 118 valence electrons. The van der Waals surface area contributed by atoms with Gasteiger partial charge in [0, 0.05) is 26.2 Å². The molecule has 0 spiro atoms. The average molecular weight is 282 g/mol. The first-order valence-corrected chi connectivity index (χ1v) is 8.67. The highest BCUT2D eigenvalue weighted by atomic mass is 16.5. The van der Waals surface area contributed by atoms with E-state index in [4.69, 9.17) is 4.74 Å². The van der Waals surface area contributed by atoms with Gasteiger partial charge in [-0.1, -0.05) is 20.3 Å². The first-order chi connectivity index (χ1) is 9.56. The van der Waals surface area contributed by atoms with Crippen LogP contribution in [0.25, 0.3) is 0 Å². The first kappa shape index (κ1) is 16.3. The molecule has 0 aromatic rings. The summed E-state index contributed by atoms with van der Waals surface area (Å²) in [6, 6.07) is 0.